The predicted octanol–water partition coefficient (Wildman–Crippen LogP) is 5.10. The summed E-state index contributed by atoms with van der Waals surface area (Å²) < 4.78 is 14.5. The quantitative estimate of drug-likeness (QED) is 0.828. The lowest BCUT2D eigenvalue weighted by atomic mass is 9.92. The van der Waals surface area contributed by atoms with Crippen LogP contribution in [0.1, 0.15) is 40.8 Å². The third kappa shape index (κ3) is 3.45. The lowest BCUT2D eigenvalue weighted by Gasteiger charge is -2.22. The van der Waals surface area contributed by atoms with Crippen LogP contribution in [0.25, 0.3) is 0 Å². The van der Waals surface area contributed by atoms with Crippen molar-refractivity contribution < 1.29 is 4.39 Å². The normalized spacial score (nSPS) is 12.5. The van der Waals surface area contributed by atoms with Gasteiger partial charge in [0.2, 0.25) is 0 Å². The van der Waals surface area contributed by atoms with Crippen molar-refractivity contribution in [1.29, 1.82) is 0 Å². The minimum Gasteiger partial charge on any atom is -0.306 e. The first-order chi connectivity index (χ1) is 9.93. The standard InChI is InChI=1S/C18H21ClFN/c1-5-21-18(14-7-6-12(3)15(19)10-14)17-13(4)8-11(2)9-16(17)20/h6-10,18,21H,5H2,1-4H3. The average molecular weight is 306 g/mol. The van der Waals surface area contributed by atoms with Crippen LogP contribution in [0.15, 0.2) is 30.3 Å². The summed E-state index contributed by atoms with van der Waals surface area (Å²) in [6.45, 7) is 8.59. The zero-order valence-corrected chi connectivity index (χ0v) is 13.7. The van der Waals surface area contributed by atoms with E-state index in [9.17, 15) is 4.39 Å². The van der Waals surface area contributed by atoms with Gasteiger partial charge < -0.3 is 5.32 Å². The molecule has 0 aliphatic rings. The van der Waals surface area contributed by atoms with Crippen molar-refractivity contribution in [2.24, 2.45) is 0 Å². The number of benzene rings is 2. The van der Waals surface area contributed by atoms with Crippen LogP contribution in [-0.2, 0) is 0 Å². The smallest absolute Gasteiger partial charge is 0.128 e. The Hall–Kier alpha value is -1.38. The molecule has 3 heteroatoms. The van der Waals surface area contributed by atoms with Gasteiger partial charge in [-0.2, -0.15) is 0 Å². The van der Waals surface area contributed by atoms with Gasteiger partial charge >= 0.3 is 0 Å². The van der Waals surface area contributed by atoms with Gasteiger partial charge in [0.25, 0.3) is 0 Å². The molecule has 0 bridgehead atoms. The highest BCUT2D eigenvalue weighted by Crippen LogP contribution is 2.30. The molecule has 2 aromatic rings. The number of halogens is 2. The third-order valence-corrected chi connectivity index (χ3v) is 4.11. The van der Waals surface area contributed by atoms with Gasteiger partial charge in [0.1, 0.15) is 5.82 Å². The van der Waals surface area contributed by atoms with Crippen molar-refractivity contribution >= 4 is 11.6 Å². The molecule has 112 valence electrons. The number of hydrogen-bond acceptors (Lipinski definition) is 1. The van der Waals surface area contributed by atoms with Crippen molar-refractivity contribution in [3.8, 4) is 0 Å². The molecule has 21 heavy (non-hydrogen) atoms. The number of rotatable bonds is 4. The minimum atomic E-state index is -0.186. The molecular formula is C18H21ClFN. The van der Waals surface area contributed by atoms with E-state index in [-0.39, 0.29) is 11.9 Å². The fourth-order valence-electron chi connectivity index (χ4n) is 2.67. The van der Waals surface area contributed by atoms with Gasteiger partial charge in [-0.1, -0.05) is 36.7 Å². The van der Waals surface area contributed by atoms with Crippen LogP contribution in [0.2, 0.25) is 5.02 Å². The van der Waals surface area contributed by atoms with Gasteiger partial charge in [0.05, 0.1) is 6.04 Å². The van der Waals surface area contributed by atoms with E-state index in [1.54, 1.807) is 6.07 Å². The van der Waals surface area contributed by atoms with Gasteiger partial charge in [-0.25, -0.2) is 4.39 Å². The van der Waals surface area contributed by atoms with E-state index in [1.165, 1.54) is 0 Å². The molecule has 0 aromatic heterocycles. The maximum Gasteiger partial charge on any atom is 0.128 e. The first-order valence-corrected chi connectivity index (χ1v) is 7.58. The summed E-state index contributed by atoms with van der Waals surface area (Å²) in [6.07, 6.45) is 0. The summed E-state index contributed by atoms with van der Waals surface area (Å²) >= 11 is 6.23. The molecule has 0 heterocycles. The van der Waals surface area contributed by atoms with Crippen LogP contribution in [0.5, 0.6) is 0 Å². The molecule has 0 saturated carbocycles. The highest BCUT2D eigenvalue weighted by atomic mass is 35.5. The Labute approximate surface area is 131 Å². The highest BCUT2D eigenvalue weighted by Gasteiger charge is 2.20. The zero-order chi connectivity index (χ0) is 15.6. The lowest BCUT2D eigenvalue weighted by Crippen LogP contribution is -2.24. The monoisotopic (exact) mass is 305 g/mol. The summed E-state index contributed by atoms with van der Waals surface area (Å²) in [4.78, 5) is 0. The Morgan fingerprint density at radius 3 is 2.38 bits per heavy atom. The van der Waals surface area contributed by atoms with Crippen LogP contribution in [-0.4, -0.2) is 6.54 Å². The molecular weight excluding hydrogens is 285 g/mol. The average Bonchev–Trinajstić information content (AvgIpc) is 2.40. The molecule has 1 nitrogen and oxygen atoms in total. The minimum absolute atomic E-state index is 0.171. The van der Waals surface area contributed by atoms with Crippen LogP contribution in [0.4, 0.5) is 4.39 Å². The Morgan fingerprint density at radius 1 is 1.10 bits per heavy atom. The molecule has 0 aliphatic carbocycles. The summed E-state index contributed by atoms with van der Waals surface area (Å²) in [5.74, 6) is -0.171. The maximum atomic E-state index is 14.5. The van der Waals surface area contributed by atoms with E-state index in [1.807, 2.05) is 52.0 Å². The van der Waals surface area contributed by atoms with Crippen LogP contribution < -0.4 is 5.32 Å². The van der Waals surface area contributed by atoms with Gasteiger partial charge in [-0.05, 0) is 61.7 Å². The van der Waals surface area contributed by atoms with E-state index in [2.05, 4.69) is 5.32 Å². The summed E-state index contributed by atoms with van der Waals surface area (Å²) in [5, 5.41) is 4.07. The fourth-order valence-corrected chi connectivity index (χ4v) is 2.86. The van der Waals surface area contributed by atoms with Gasteiger partial charge in [-0.15, -0.1) is 0 Å². The first kappa shape index (κ1) is 16.0. The van der Waals surface area contributed by atoms with Gasteiger partial charge in [0.15, 0.2) is 0 Å². The molecule has 0 fully saturated rings. The van der Waals surface area contributed by atoms with Crippen molar-refractivity contribution in [1.82, 2.24) is 5.32 Å². The summed E-state index contributed by atoms with van der Waals surface area (Å²) in [7, 11) is 0. The summed E-state index contributed by atoms with van der Waals surface area (Å²) in [5.41, 5.74) is 4.60. The second-order valence-corrected chi connectivity index (χ2v) is 5.88. The third-order valence-electron chi connectivity index (χ3n) is 3.71. The van der Waals surface area contributed by atoms with E-state index in [4.69, 9.17) is 11.6 Å². The van der Waals surface area contributed by atoms with Crippen molar-refractivity contribution in [3.63, 3.8) is 0 Å². The summed E-state index contributed by atoms with van der Waals surface area (Å²) in [6, 6.07) is 9.31. The topological polar surface area (TPSA) is 12.0 Å². The van der Waals surface area contributed by atoms with E-state index in [0.717, 1.165) is 28.8 Å². The molecule has 0 amide bonds. The maximum absolute atomic E-state index is 14.5. The largest absolute Gasteiger partial charge is 0.306 e. The van der Waals surface area contributed by atoms with Crippen LogP contribution in [0.3, 0.4) is 0 Å². The zero-order valence-electron chi connectivity index (χ0n) is 12.9. The van der Waals surface area contributed by atoms with Crippen LogP contribution >= 0.6 is 11.6 Å². The number of aryl methyl sites for hydroxylation is 3. The van der Waals surface area contributed by atoms with Crippen LogP contribution in [0, 0.1) is 26.6 Å². The Kier molecular flexibility index (Phi) is 5.02. The second kappa shape index (κ2) is 6.59. The Balaban J connectivity index is 2.55. The number of hydrogen-bond donors (Lipinski definition) is 1. The lowest BCUT2D eigenvalue weighted by molar-refractivity contribution is 0.555. The molecule has 0 radical (unpaired) electrons. The molecule has 2 rings (SSSR count). The second-order valence-electron chi connectivity index (χ2n) is 5.48. The highest BCUT2D eigenvalue weighted by molar-refractivity contribution is 6.31. The van der Waals surface area contributed by atoms with E-state index < -0.39 is 0 Å². The first-order valence-electron chi connectivity index (χ1n) is 7.20. The predicted molar refractivity (Wildman–Crippen MR) is 87.6 cm³/mol. The fraction of sp³-hybridized carbons (Fsp3) is 0.333. The van der Waals surface area contributed by atoms with E-state index >= 15 is 0 Å². The Bertz CT molecular complexity index is 629. The van der Waals surface area contributed by atoms with E-state index in [0.29, 0.717) is 10.6 Å². The van der Waals surface area contributed by atoms with Crippen molar-refractivity contribution in [3.05, 3.63) is 69.0 Å². The van der Waals surface area contributed by atoms with Gasteiger partial charge in [0, 0.05) is 10.6 Å². The van der Waals surface area contributed by atoms with Crippen molar-refractivity contribution in [2.75, 3.05) is 6.54 Å². The SMILES string of the molecule is CCNC(c1ccc(C)c(Cl)c1)c1c(C)cc(C)cc1F. The number of nitrogens with one attached hydrogen (secondary N) is 1. The molecule has 0 saturated heterocycles. The Morgan fingerprint density at radius 2 is 1.81 bits per heavy atom. The molecule has 1 unspecified atom stereocenters. The molecule has 1 atom stereocenters. The molecule has 0 aliphatic heterocycles. The molecule has 2 aromatic carbocycles. The molecule has 1 N–H and O–H groups in total. The molecule has 0 spiro atoms. The van der Waals surface area contributed by atoms with Gasteiger partial charge in [-0.3, -0.25) is 0 Å². The van der Waals surface area contributed by atoms with Crippen molar-refractivity contribution in [2.45, 2.75) is 33.7 Å².